The molecule has 156 valence electrons. The summed E-state index contributed by atoms with van der Waals surface area (Å²) < 4.78 is 5.49. The van der Waals surface area contributed by atoms with Crippen molar-refractivity contribution in [3.05, 3.63) is 54.1 Å². The molecule has 3 rings (SSSR count). The van der Waals surface area contributed by atoms with Gasteiger partial charge in [0.2, 0.25) is 0 Å². The number of anilines is 1. The highest BCUT2D eigenvalue weighted by atomic mass is 32.2. The van der Waals surface area contributed by atoms with Gasteiger partial charge in [-0.3, -0.25) is 4.90 Å². The summed E-state index contributed by atoms with van der Waals surface area (Å²) in [7, 11) is 1.74. The molecular formula is C21H26N2O5S. The lowest BCUT2D eigenvalue weighted by Crippen LogP contribution is -2.46. The van der Waals surface area contributed by atoms with Crippen molar-refractivity contribution >= 4 is 29.4 Å². The van der Waals surface area contributed by atoms with Crippen molar-refractivity contribution in [1.29, 1.82) is 0 Å². The predicted octanol–water partition coefficient (Wildman–Crippen LogP) is 2.89. The lowest BCUT2D eigenvalue weighted by atomic mass is 10.2. The van der Waals surface area contributed by atoms with E-state index in [9.17, 15) is 0 Å². The molecule has 0 amide bonds. The van der Waals surface area contributed by atoms with E-state index in [1.165, 1.54) is 16.1 Å². The maximum absolute atomic E-state index is 9.10. The zero-order valence-corrected chi connectivity index (χ0v) is 17.4. The van der Waals surface area contributed by atoms with Gasteiger partial charge in [0.25, 0.3) is 0 Å². The highest BCUT2D eigenvalue weighted by Crippen LogP contribution is 2.28. The number of carboxylic acids is 2. The minimum atomic E-state index is -1.82. The summed E-state index contributed by atoms with van der Waals surface area (Å²) in [5, 5.41) is 14.8. The summed E-state index contributed by atoms with van der Waals surface area (Å²) in [6, 6.07) is 17.2. The van der Waals surface area contributed by atoms with Gasteiger partial charge in [0.1, 0.15) is 5.75 Å². The van der Waals surface area contributed by atoms with Crippen LogP contribution < -0.4 is 9.64 Å². The van der Waals surface area contributed by atoms with E-state index in [1.54, 1.807) is 18.9 Å². The molecule has 0 atom stereocenters. The van der Waals surface area contributed by atoms with Crippen LogP contribution in [0.25, 0.3) is 0 Å². The number of methoxy groups -OCH3 is 1. The summed E-state index contributed by atoms with van der Waals surface area (Å²) in [6.07, 6.45) is 2.12. The summed E-state index contributed by atoms with van der Waals surface area (Å²) in [4.78, 5) is 24.5. The summed E-state index contributed by atoms with van der Waals surface area (Å²) in [5.74, 6) is -2.68. The first kappa shape index (κ1) is 22.6. The molecule has 0 radical (unpaired) electrons. The monoisotopic (exact) mass is 418 g/mol. The van der Waals surface area contributed by atoms with Gasteiger partial charge in [-0.05, 0) is 36.1 Å². The summed E-state index contributed by atoms with van der Waals surface area (Å²) >= 11 is 1.79. The van der Waals surface area contributed by atoms with Crippen LogP contribution in [0.15, 0.2) is 53.4 Å². The molecule has 1 fully saturated rings. The van der Waals surface area contributed by atoms with E-state index >= 15 is 0 Å². The second kappa shape index (κ2) is 11.3. The maximum atomic E-state index is 9.10. The second-order valence-corrected chi connectivity index (χ2v) is 7.27. The molecule has 8 heteroatoms. The number of para-hydroxylation sites is 2. The smallest absolute Gasteiger partial charge is 0.414 e. The molecule has 1 aliphatic heterocycles. The van der Waals surface area contributed by atoms with Crippen molar-refractivity contribution in [3.8, 4) is 5.75 Å². The van der Waals surface area contributed by atoms with Gasteiger partial charge in [-0.15, -0.1) is 11.8 Å². The van der Waals surface area contributed by atoms with Crippen molar-refractivity contribution in [3.63, 3.8) is 0 Å². The maximum Gasteiger partial charge on any atom is 0.414 e. The van der Waals surface area contributed by atoms with Gasteiger partial charge in [-0.25, -0.2) is 9.59 Å². The van der Waals surface area contributed by atoms with Crippen molar-refractivity contribution < 1.29 is 24.5 Å². The Bertz CT molecular complexity index is 793. The molecule has 0 unspecified atom stereocenters. The fourth-order valence-corrected chi connectivity index (χ4v) is 3.44. The van der Waals surface area contributed by atoms with E-state index in [2.05, 4.69) is 52.5 Å². The fraction of sp³-hybridized carbons (Fsp3) is 0.333. The average Bonchev–Trinajstić information content (AvgIpc) is 2.75. The molecule has 0 bridgehead atoms. The topological polar surface area (TPSA) is 90.3 Å². The van der Waals surface area contributed by atoms with E-state index in [1.807, 2.05) is 12.1 Å². The molecule has 2 aromatic carbocycles. The third-order valence-electron chi connectivity index (χ3n) is 4.55. The molecule has 0 aromatic heterocycles. The molecule has 1 aliphatic rings. The largest absolute Gasteiger partial charge is 0.495 e. The highest BCUT2D eigenvalue weighted by molar-refractivity contribution is 7.98. The van der Waals surface area contributed by atoms with Gasteiger partial charge < -0.3 is 19.8 Å². The Kier molecular flexibility index (Phi) is 8.82. The third kappa shape index (κ3) is 6.99. The number of hydrogen-bond donors (Lipinski definition) is 2. The molecular weight excluding hydrogens is 392 g/mol. The van der Waals surface area contributed by atoms with Crippen LogP contribution in [0.3, 0.4) is 0 Å². The second-order valence-electron chi connectivity index (χ2n) is 6.39. The van der Waals surface area contributed by atoms with Crippen LogP contribution in [0.2, 0.25) is 0 Å². The molecule has 0 aliphatic carbocycles. The van der Waals surface area contributed by atoms with Crippen LogP contribution in [0.5, 0.6) is 5.75 Å². The van der Waals surface area contributed by atoms with Crippen molar-refractivity contribution in [2.75, 3.05) is 44.4 Å². The SMILES string of the molecule is COc1ccccc1N1CCN(Cc2ccc(SC)cc2)CC1.O=C(O)C(=O)O. The standard InChI is InChI=1S/C19H24N2OS.C2H2O4/c1-22-19-6-4-3-5-18(19)21-13-11-20(12-14-21)15-16-7-9-17(23-2)10-8-16;3-1(4)2(5)6/h3-10H,11-15H2,1-2H3;(H,3,4)(H,5,6). The van der Waals surface area contributed by atoms with E-state index in [-0.39, 0.29) is 0 Å². The molecule has 2 aromatic rings. The Morgan fingerprint density at radius 3 is 2.07 bits per heavy atom. The van der Waals surface area contributed by atoms with Gasteiger partial charge in [-0.2, -0.15) is 0 Å². The number of hydrogen-bond acceptors (Lipinski definition) is 6. The number of aliphatic carboxylic acids is 2. The molecule has 29 heavy (non-hydrogen) atoms. The van der Waals surface area contributed by atoms with Crippen LogP contribution in [0.1, 0.15) is 5.56 Å². The van der Waals surface area contributed by atoms with Gasteiger partial charge >= 0.3 is 11.9 Å². The molecule has 1 heterocycles. The number of ether oxygens (including phenoxy) is 1. The summed E-state index contributed by atoms with van der Waals surface area (Å²) in [5.41, 5.74) is 2.60. The zero-order valence-electron chi connectivity index (χ0n) is 16.6. The first-order valence-corrected chi connectivity index (χ1v) is 10.4. The molecule has 0 spiro atoms. The highest BCUT2D eigenvalue weighted by Gasteiger charge is 2.19. The van der Waals surface area contributed by atoms with Crippen LogP contribution in [-0.2, 0) is 16.1 Å². The molecule has 2 N–H and O–H groups in total. The van der Waals surface area contributed by atoms with Gasteiger partial charge in [0.15, 0.2) is 0 Å². The van der Waals surface area contributed by atoms with E-state index in [4.69, 9.17) is 24.5 Å². The van der Waals surface area contributed by atoms with Crippen LogP contribution >= 0.6 is 11.8 Å². The van der Waals surface area contributed by atoms with E-state index < -0.39 is 11.9 Å². The minimum Gasteiger partial charge on any atom is -0.495 e. The van der Waals surface area contributed by atoms with Crippen LogP contribution in [0, 0.1) is 0 Å². The van der Waals surface area contributed by atoms with Gasteiger partial charge in [0, 0.05) is 37.6 Å². The first-order valence-electron chi connectivity index (χ1n) is 9.14. The molecule has 1 saturated heterocycles. The van der Waals surface area contributed by atoms with E-state index in [0.29, 0.717) is 0 Å². The lowest BCUT2D eigenvalue weighted by Gasteiger charge is -2.36. The third-order valence-corrected chi connectivity index (χ3v) is 5.29. The number of nitrogens with zero attached hydrogens (tertiary/aromatic N) is 2. The van der Waals surface area contributed by atoms with E-state index in [0.717, 1.165) is 38.5 Å². The average molecular weight is 419 g/mol. The predicted molar refractivity (Wildman–Crippen MR) is 114 cm³/mol. The lowest BCUT2D eigenvalue weighted by molar-refractivity contribution is -0.159. The van der Waals surface area contributed by atoms with Crippen LogP contribution in [0.4, 0.5) is 5.69 Å². The van der Waals surface area contributed by atoms with Crippen LogP contribution in [-0.4, -0.2) is 66.6 Å². The number of piperazine rings is 1. The first-order chi connectivity index (χ1) is 13.9. The fourth-order valence-electron chi connectivity index (χ4n) is 3.03. The Balaban J connectivity index is 0.000000438. The number of benzene rings is 2. The van der Waals surface area contributed by atoms with Crippen molar-refractivity contribution in [1.82, 2.24) is 4.90 Å². The molecule has 0 saturated carbocycles. The minimum absolute atomic E-state index is 0.966. The van der Waals surface area contributed by atoms with Gasteiger partial charge in [0.05, 0.1) is 12.8 Å². The quantitative estimate of drug-likeness (QED) is 0.566. The van der Waals surface area contributed by atoms with Gasteiger partial charge in [-0.1, -0.05) is 24.3 Å². The Labute approximate surface area is 174 Å². The zero-order chi connectivity index (χ0) is 21.2. The number of thioether (sulfide) groups is 1. The Hall–Kier alpha value is -2.71. The number of rotatable bonds is 5. The normalized spacial score (nSPS) is 13.9. The Morgan fingerprint density at radius 1 is 0.966 bits per heavy atom. The van der Waals surface area contributed by atoms with Crippen molar-refractivity contribution in [2.24, 2.45) is 0 Å². The van der Waals surface area contributed by atoms with Crippen molar-refractivity contribution in [2.45, 2.75) is 11.4 Å². The Morgan fingerprint density at radius 2 is 1.55 bits per heavy atom. The molecule has 7 nitrogen and oxygen atoms in total. The number of carbonyl (C=O) groups is 2. The summed E-state index contributed by atoms with van der Waals surface area (Å²) in [6.45, 7) is 5.30. The number of carboxylic acid groups (broad SMARTS) is 2.